The Kier molecular flexibility index (Phi) is 9.52. The normalized spacial score (nSPS) is 10.7. The Morgan fingerprint density at radius 3 is 2.32 bits per heavy atom. The molecule has 4 nitrogen and oxygen atoms in total. The molecular weight excluding hydrogens is 477 g/mol. The molecule has 38 heavy (non-hydrogen) atoms. The van der Waals surface area contributed by atoms with Crippen molar-refractivity contribution in [2.75, 3.05) is 6.54 Å². The Morgan fingerprint density at radius 1 is 0.789 bits per heavy atom. The molecule has 0 aromatic heterocycles. The van der Waals surface area contributed by atoms with E-state index in [0.29, 0.717) is 30.2 Å². The predicted octanol–water partition coefficient (Wildman–Crippen LogP) is 7.42. The Morgan fingerprint density at radius 2 is 1.53 bits per heavy atom. The van der Waals surface area contributed by atoms with Crippen molar-refractivity contribution in [3.05, 3.63) is 119 Å². The number of carbonyl (C=O) groups is 1. The van der Waals surface area contributed by atoms with E-state index in [4.69, 9.17) is 9.47 Å². The average molecular weight is 512 g/mol. The molecule has 0 atom stereocenters. The van der Waals surface area contributed by atoms with Gasteiger partial charge >= 0.3 is 0 Å². The molecule has 0 radical (unpaired) electrons. The number of benzene rings is 4. The second-order valence-electron chi connectivity index (χ2n) is 9.33. The lowest BCUT2D eigenvalue weighted by molar-refractivity contribution is -0.118. The van der Waals surface area contributed by atoms with Gasteiger partial charge in [-0.25, -0.2) is 4.39 Å². The second kappa shape index (κ2) is 13.4. The molecule has 4 rings (SSSR count). The third-order valence-corrected chi connectivity index (χ3v) is 6.55. The standard InChI is InChI=1S/C33H34FNO3/c1-24-28(15-10-16-31(24)26-11-4-3-5-12-26)22-37-30-19-18-27(13-8-9-20-35-25(2)36)33(21-30)38-23-29-14-6-7-17-32(29)34/h3-7,10-12,14-19,21H,8-9,13,20,22-23H2,1-2H3,(H,35,36). The van der Waals surface area contributed by atoms with Crippen LogP contribution in [0.3, 0.4) is 0 Å². The summed E-state index contributed by atoms with van der Waals surface area (Å²) in [6.45, 7) is 4.84. The molecule has 0 aliphatic heterocycles. The summed E-state index contributed by atoms with van der Waals surface area (Å²) in [5, 5.41) is 2.83. The van der Waals surface area contributed by atoms with E-state index in [1.54, 1.807) is 18.2 Å². The van der Waals surface area contributed by atoms with Crippen LogP contribution in [0.2, 0.25) is 0 Å². The van der Waals surface area contributed by atoms with Crippen molar-refractivity contribution in [1.29, 1.82) is 0 Å². The Hall–Kier alpha value is -4.12. The van der Waals surface area contributed by atoms with Crippen LogP contribution in [0.5, 0.6) is 11.5 Å². The van der Waals surface area contributed by atoms with Crippen molar-refractivity contribution < 1.29 is 18.7 Å². The Bertz CT molecular complexity index is 1350. The molecule has 1 amide bonds. The van der Waals surface area contributed by atoms with Gasteiger partial charge in [0.05, 0.1) is 0 Å². The number of unbranched alkanes of at least 4 members (excludes halogenated alkanes) is 1. The number of hydrogen-bond acceptors (Lipinski definition) is 3. The molecule has 0 aliphatic rings. The van der Waals surface area contributed by atoms with E-state index in [2.05, 4.69) is 42.6 Å². The summed E-state index contributed by atoms with van der Waals surface area (Å²) in [7, 11) is 0. The van der Waals surface area contributed by atoms with Crippen LogP contribution >= 0.6 is 0 Å². The highest BCUT2D eigenvalue weighted by Gasteiger charge is 2.11. The first-order valence-electron chi connectivity index (χ1n) is 13.0. The SMILES string of the molecule is CC(=O)NCCCCc1ccc(OCc2cccc(-c3ccccc3)c2C)cc1OCc1ccccc1F. The van der Waals surface area contributed by atoms with Gasteiger partial charge in [0.2, 0.25) is 5.91 Å². The molecule has 196 valence electrons. The van der Waals surface area contributed by atoms with E-state index in [0.717, 1.165) is 30.4 Å². The van der Waals surface area contributed by atoms with E-state index in [1.807, 2.05) is 36.4 Å². The number of nitrogens with one attached hydrogen (secondary N) is 1. The average Bonchev–Trinajstić information content (AvgIpc) is 2.93. The maximum Gasteiger partial charge on any atom is 0.216 e. The zero-order chi connectivity index (χ0) is 26.7. The summed E-state index contributed by atoms with van der Waals surface area (Å²) in [5.41, 5.74) is 6.20. The molecular formula is C33H34FNO3. The summed E-state index contributed by atoms with van der Waals surface area (Å²) in [6.07, 6.45) is 2.54. The lowest BCUT2D eigenvalue weighted by atomic mass is 9.97. The summed E-state index contributed by atoms with van der Waals surface area (Å²) in [5.74, 6) is 1.07. The third-order valence-electron chi connectivity index (χ3n) is 6.55. The van der Waals surface area contributed by atoms with Crippen molar-refractivity contribution in [3.63, 3.8) is 0 Å². The van der Waals surface area contributed by atoms with Crippen LogP contribution in [0.25, 0.3) is 11.1 Å². The molecule has 0 aliphatic carbocycles. The van der Waals surface area contributed by atoms with E-state index >= 15 is 0 Å². The number of hydrogen-bond donors (Lipinski definition) is 1. The molecule has 4 aromatic carbocycles. The van der Waals surface area contributed by atoms with Crippen molar-refractivity contribution in [3.8, 4) is 22.6 Å². The molecule has 0 fully saturated rings. The summed E-state index contributed by atoms with van der Waals surface area (Å²) >= 11 is 0. The fourth-order valence-electron chi connectivity index (χ4n) is 4.37. The molecule has 4 aromatic rings. The van der Waals surface area contributed by atoms with Crippen molar-refractivity contribution in [2.45, 2.75) is 46.3 Å². The van der Waals surface area contributed by atoms with Gasteiger partial charge in [-0.2, -0.15) is 0 Å². The fraction of sp³-hybridized carbons (Fsp3) is 0.242. The van der Waals surface area contributed by atoms with Gasteiger partial charge in [-0.05, 0) is 66.1 Å². The number of ether oxygens (including phenoxy) is 2. The molecule has 0 spiro atoms. The van der Waals surface area contributed by atoms with E-state index in [9.17, 15) is 9.18 Å². The van der Waals surface area contributed by atoms with Crippen LogP contribution in [-0.4, -0.2) is 12.5 Å². The lowest BCUT2D eigenvalue weighted by Gasteiger charge is -2.16. The molecule has 1 N–H and O–H groups in total. The lowest BCUT2D eigenvalue weighted by Crippen LogP contribution is -2.20. The highest BCUT2D eigenvalue weighted by Crippen LogP contribution is 2.30. The molecule has 0 saturated heterocycles. The van der Waals surface area contributed by atoms with Crippen molar-refractivity contribution >= 4 is 5.91 Å². The first-order chi connectivity index (χ1) is 18.5. The van der Waals surface area contributed by atoms with Gasteiger partial charge < -0.3 is 14.8 Å². The van der Waals surface area contributed by atoms with Gasteiger partial charge in [0, 0.05) is 25.1 Å². The molecule has 0 unspecified atom stereocenters. The minimum atomic E-state index is -0.287. The van der Waals surface area contributed by atoms with Crippen LogP contribution < -0.4 is 14.8 Å². The van der Waals surface area contributed by atoms with Gasteiger partial charge in [-0.1, -0.05) is 72.8 Å². The second-order valence-corrected chi connectivity index (χ2v) is 9.33. The first-order valence-corrected chi connectivity index (χ1v) is 13.0. The first kappa shape index (κ1) is 26.9. The summed E-state index contributed by atoms with van der Waals surface area (Å²) in [6, 6.07) is 29.1. The topological polar surface area (TPSA) is 47.6 Å². The fourth-order valence-corrected chi connectivity index (χ4v) is 4.37. The molecule has 5 heteroatoms. The Balaban J connectivity index is 1.47. The summed E-state index contributed by atoms with van der Waals surface area (Å²) in [4.78, 5) is 11.1. The highest BCUT2D eigenvalue weighted by molar-refractivity contribution is 5.72. The minimum absolute atomic E-state index is 0.0232. The number of halogens is 1. The van der Waals surface area contributed by atoms with Crippen LogP contribution in [0.15, 0.2) is 91.0 Å². The molecule has 0 bridgehead atoms. The van der Waals surface area contributed by atoms with Gasteiger partial charge in [-0.3, -0.25) is 4.79 Å². The van der Waals surface area contributed by atoms with Crippen molar-refractivity contribution in [1.82, 2.24) is 5.32 Å². The number of carbonyl (C=O) groups excluding carboxylic acids is 1. The van der Waals surface area contributed by atoms with Gasteiger partial charge in [0.1, 0.15) is 30.5 Å². The van der Waals surface area contributed by atoms with E-state index in [1.165, 1.54) is 29.7 Å². The van der Waals surface area contributed by atoms with Crippen LogP contribution in [-0.2, 0) is 24.4 Å². The van der Waals surface area contributed by atoms with Gasteiger partial charge in [0.15, 0.2) is 0 Å². The monoisotopic (exact) mass is 511 g/mol. The van der Waals surface area contributed by atoms with Gasteiger partial charge in [-0.15, -0.1) is 0 Å². The smallest absolute Gasteiger partial charge is 0.216 e. The number of rotatable bonds is 12. The third kappa shape index (κ3) is 7.45. The summed E-state index contributed by atoms with van der Waals surface area (Å²) < 4.78 is 26.5. The van der Waals surface area contributed by atoms with E-state index < -0.39 is 0 Å². The van der Waals surface area contributed by atoms with Crippen LogP contribution in [0.1, 0.15) is 42.0 Å². The zero-order valence-corrected chi connectivity index (χ0v) is 22.0. The maximum absolute atomic E-state index is 14.2. The van der Waals surface area contributed by atoms with E-state index in [-0.39, 0.29) is 18.3 Å². The molecule has 0 saturated carbocycles. The minimum Gasteiger partial charge on any atom is -0.489 e. The van der Waals surface area contributed by atoms with Gasteiger partial charge in [0.25, 0.3) is 0 Å². The highest BCUT2D eigenvalue weighted by atomic mass is 19.1. The maximum atomic E-state index is 14.2. The number of aryl methyl sites for hydroxylation is 1. The molecule has 0 heterocycles. The van der Waals surface area contributed by atoms with Crippen LogP contribution in [0.4, 0.5) is 4.39 Å². The van der Waals surface area contributed by atoms with Crippen LogP contribution in [0, 0.1) is 12.7 Å². The zero-order valence-electron chi connectivity index (χ0n) is 22.0. The largest absolute Gasteiger partial charge is 0.489 e. The Labute approximate surface area is 224 Å². The van der Waals surface area contributed by atoms with Crippen molar-refractivity contribution in [2.24, 2.45) is 0 Å². The number of amides is 1. The quantitative estimate of drug-likeness (QED) is 0.201. The predicted molar refractivity (Wildman–Crippen MR) is 150 cm³/mol.